The van der Waals surface area contributed by atoms with Crippen LogP contribution in [-0.2, 0) is 11.3 Å². The summed E-state index contributed by atoms with van der Waals surface area (Å²) in [5.41, 5.74) is 1.84. The summed E-state index contributed by atoms with van der Waals surface area (Å²) >= 11 is 0. The number of nitrogens with zero attached hydrogens (tertiary/aromatic N) is 6. The van der Waals surface area contributed by atoms with E-state index in [9.17, 15) is 14.0 Å². The number of benzene rings is 1. The van der Waals surface area contributed by atoms with Crippen molar-refractivity contribution in [3.63, 3.8) is 0 Å². The minimum Gasteiger partial charge on any atom is -0.442 e. The fourth-order valence-electron chi connectivity index (χ4n) is 3.51. The van der Waals surface area contributed by atoms with Crippen molar-refractivity contribution in [2.75, 3.05) is 11.4 Å². The van der Waals surface area contributed by atoms with Crippen molar-refractivity contribution < 1.29 is 23.2 Å². The summed E-state index contributed by atoms with van der Waals surface area (Å²) in [5.74, 6) is -0.585. The molecule has 1 unspecified atom stereocenters. The lowest BCUT2D eigenvalue weighted by molar-refractivity contribution is 0.0978. The van der Waals surface area contributed by atoms with Gasteiger partial charge in [-0.05, 0) is 24.3 Å². The van der Waals surface area contributed by atoms with Gasteiger partial charge in [-0.1, -0.05) is 10.4 Å². The molecule has 1 aliphatic rings. The number of amides is 1. The lowest BCUT2D eigenvalue weighted by Crippen LogP contribution is -2.26. The summed E-state index contributed by atoms with van der Waals surface area (Å²) in [6.45, 7) is 2.03. The number of Topliss-reactive ketones (excluding diaryl/α,β-unsaturated/α-hetero) is 1. The number of carbonyl (C=O) groups is 2. The SMILES string of the molecule is CC(=O)c1cc(-c2ccn(-c3ccc(N4CC(Cn5ccnn5)OC4=O)cc3F)c2)no1. The number of carbonyl (C=O) groups excluding carboxylic acids is 2. The van der Waals surface area contributed by atoms with Crippen LogP contribution in [-0.4, -0.2) is 49.2 Å². The quantitative estimate of drug-likeness (QED) is 0.427. The Labute approximate surface area is 180 Å². The minimum absolute atomic E-state index is 0.155. The van der Waals surface area contributed by atoms with Gasteiger partial charge in [0.05, 0.1) is 30.7 Å². The predicted octanol–water partition coefficient (Wildman–Crippen LogP) is 3.09. The maximum Gasteiger partial charge on any atom is 0.414 e. The third-order valence-corrected chi connectivity index (χ3v) is 5.10. The lowest BCUT2D eigenvalue weighted by atomic mass is 10.2. The molecule has 32 heavy (non-hydrogen) atoms. The molecule has 3 aromatic heterocycles. The molecule has 11 heteroatoms. The Kier molecular flexibility index (Phi) is 4.77. The van der Waals surface area contributed by atoms with Crippen LogP contribution in [0.4, 0.5) is 14.9 Å². The fraction of sp³-hybridized carbons (Fsp3) is 0.190. The first-order chi connectivity index (χ1) is 15.5. The Morgan fingerprint density at radius 1 is 1.25 bits per heavy atom. The van der Waals surface area contributed by atoms with E-state index in [-0.39, 0.29) is 18.1 Å². The van der Waals surface area contributed by atoms with Crippen LogP contribution in [0.3, 0.4) is 0 Å². The van der Waals surface area contributed by atoms with Gasteiger partial charge in [-0.2, -0.15) is 0 Å². The van der Waals surface area contributed by atoms with Crippen LogP contribution in [0.1, 0.15) is 17.5 Å². The molecular weight excluding hydrogens is 419 g/mol. The predicted molar refractivity (Wildman–Crippen MR) is 109 cm³/mol. The van der Waals surface area contributed by atoms with Gasteiger partial charge in [0.15, 0.2) is 5.78 Å². The van der Waals surface area contributed by atoms with Crippen LogP contribution < -0.4 is 4.90 Å². The number of anilines is 1. The fourth-order valence-corrected chi connectivity index (χ4v) is 3.51. The summed E-state index contributed by atoms with van der Waals surface area (Å²) in [4.78, 5) is 25.1. The number of ether oxygens (including phenoxy) is 1. The number of aromatic nitrogens is 5. The van der Waals surface area contributed by atoms with Crippen molar-refractivity contribution in [1.29, 1.82) is 0 Å². The first kappa shape index (κ1) is 19.7. The molecule has 4 aromatic rings. The summed E-state index contributed by atoms with van der Waals surface area (Å²) < 4.78 is 28.5. The van der Waals surface area contributed by atoms with Gasteiger partial charge in [0.2, 0.25) is 5.76 Å². The van der Waals surface area contributed by atoms with Gasteiger partial charge >= 0.3 is 6.09 Å². The van der Waals surface area contributed by atoms with Crippen LogP contribution in [0.15, 0.2) is 59.6 Å². The molecule has 162 valence electrons. The van der Waals surface area contributed by atoms with E-state index in [1.165, 1.54) is 24.0 Å². The number of rotatable bonds is 6. The third-order valence-electron chi connectivity index (χ3n) is 5.10. The Hall–Kier alpha value is -4.28. The standard InChI is InChI=1S/C21H17FN6O4/c1-13(29)20-9-18(24-32-20)14-4-6-26(10-14)19-3-2-15(8-17(19)22)28-12-16(31-21(28)30)11-27-7-5-23-25-27/h2-10,16H,11-12H2,1H3. The summed E-state index contributed by atoms with van der Waals surface area (Å²) in [6, 6.07) is 7.80. The number of hydrogen-bond donors (Lipinski definition) is 0. The molecule has 0 bridgehead atoms. The second kappa shape index (κ2) is 7.76. The molecule has 1 atom stereocenters. The van der Waals surface area contributed by atoms with Crippen molar-refractivity contribution in [3.05, 3.63) is 66.7 Å². The van der Waals surface area contributed by atoms with Crippen molar-refractivity contribution in [3.8, 4) is 16.9 Å². The van der Waals surface area contributed by atoms with E-state index < -0.39 is 18.0 Å². The Balaban J connectivity index is 1.34. The molecule has 1 aromatic carbocycles. The first-order valence-electron chi connectivity index (χ1n) is 9.76. The number of hydrogen-bond acceptors (Lipinski definition) is 7. The van der Waals surface area contributed by atoms with E-state index in [2.05, 4.69) is 15.5 Å². The minimum atomic E-state index is -0.544. The Bertz CT molecular complexity index is 1300. The van der Waals surface area contributed by atoms with E-state index in [1.54, 1.807) is 52.2 Å². The zero-order valence-electron chi connectivity index (χ0n) is 16.9. The molecular formula is C21H17FN6O4. The molecule has 1 saturated heterocycles. The number of ketones is 1. The molecule has 5 rings (SSSR count). The highest BCUT2D eigenvalue weighted by Gasteiger charge is 2.33. The molecule has 10 nitrogen and oxygen atoms in total. The number of halogens is 1. The van der Waals surface area contributed by atoms with E-state index in [0.29, 0.717) is 29.2 Å². The van der Waals surface area contributed by atoms with Crippen LogP contribution in [0.2, 0.25) is 0 Å². The van der Waals surface area contributed by atoms with Gasteiger partial charge in [0, 0.05) is 37.1 Å². The molecule has 4 heterocycles. The third kappa shape index (κ3) is 3.64. The smallest absolute Gasteiger partial charge is 0.414 e. The van der Waals surface area contributed by atoms with Crippen molar-refractivity contribution >= 4 is 17.6 Å². The largest absolute Gasteiger partial charge is 0.442 e. The highest BCUT2D eigenvalue weighted by Crippen LogP contribution is 2.28. The van der Waals surface area contributed by atoms with Crippen molar-refractivity contribution in [2.45, 2.75) is 19.6 Å². The van der Waals surface area contributed by atoms with Gasteiger partial charge in [0.1, 0.15) is 17.6 Å². The molecule has 1 amide bonds. The summed E-state index contributed by atoms with van der Waals surface area (Å²) in [5, 5.41) is 11.5. The van der Waals surface area contributed by atoms with E-state index >= 15 is 0 Å². The van der Waals surface area contributed by atoms with Crippen LogP contribution >= 0.6 is 0 Å². The molecule has 0 N–H and O–H groups in total. The maximum absolute atomic E-state index is 14.9. The number of cyclic esters (lactones) is 1. The zero-order chi connectivity index (χ0) is 22.2. The van der Waals surface area contributed by atoms with Gasteiger partial charge in [-0.25, -0.2) is 13.9 Å². The van der Waals surface area contributed by atoms with E-state index in [0.717, 1.165) is 0 Å². The van der Waals surface area contributed by atoms with E-state index in [4.69, 9.17) is 9.26 Å². The van der Waals surface area contributed by atoms with Crippen LogP contribution in [0.5, 0.6) is 0 Å². The van der Waals surface area contributed by atoms with Crippen LogP contribution in [0, 0.1) is 5.82 Å². The molecule has 0 spiro atoms. The molecule has 0 radical (unpaired) electrons. The normalized spacial score (nSPS) is 15.9. The lowest BCUT2D eigenvalue weighted by Gasteiger charge is -2.14. The van der Waals surface area contributed by atoms with Gasteiger partial charge in [0.25, 0.3) is 0 Å². The summed E-state index contributed by atoms with van der Waals surface area (Å²) in [6.07, 6.45) is 5.61. The molecule has 1 fully saturated rings. The molecule has 1 aliphatic heterocycles. The molecule has 0 saturated carbocycles. The van der Waals surface area contributed by atoms with Gasteiger partial charge in [-0.15, -0.1) is 5.10 Å². The van der Waals surface area contributed by atoms with Gasteiger partial charge < -0.3 is 13.8 Å². The topological polar surface area (TPSA) is 108 Å². The van der Waals surface area contributed by atoms with Crippen molar-refractivity contribution in [2.24, 2.45) is 0 Å². The van der Waals surface area contributed by atoms with E-state index in [1.807, 2.05) is 0 Å². The Morgan fingerprint density at radius 2 is 2.12 bits per heavy atom. The van der Waals surface area contributed by atoms with Crippen molar-refractivity contribution in [1.82, 2.24) is 24.7 Å². The average molecular weight is 436 g/mol. The second-order valence-corrected chi connectivity index (χ2v) is 7.32. The zero-order valence-corrected chi connectivity index (χ0v) is 16.9. The summed E-state index contributed by atoms with van der Waals surface area (Å²) in [7, 11) is 0. The average Bonchev–Trinajstić information content (AvgIpc) is 3.55. The highest BCUT2D eigenvalue weighted by atomic mass is 19.1. The van der Waals surface area contributed by atoms with Gasteiger partial charge in [-0.3, -0.25) is 9.69 Å². The first-order valence-corrected chi connectivity index (χ1v) is 9.76. The Morgan fingerprint density at radius 3 is 2.84 bits per heavy atom. The maximum atomic E-state index is 14.9. The second-order valence-electron chi connectivity index (χ2n) is 7.32. The monoisotopic (exact) mass is 436 g/mol. The molecule has 0 aliphatic carbocycles. The highest BCUT2D eigenvalue weighted by molar-refractivity contribution is 5.92. The van der Waals surface area contributed by atoms with Crippen LogP contribution in [0.25, 0.3) is 16.9 Å².